The average molecular weight is 396 g/mol. The Kier molecular flexibility index (Phi) is 4.83. The fourth-order valence-electron chi connectivity index (χ4n) is 2.49. The lowest BCUT2D eigenvalue weighted by atomic mass is 10.1. The summed E-state index contributed by atoms with van der Waals surface area (Å²) in [6, 6.07) is 8.12. The molecule has 0 aliphatic carbocycles. The number of thiocarbonyl (C=S) groups is 1. The van der Waals surface area contributed by atoms with Crippen molar-refractivity contribution in [1.82, 2.24) is 5.43 Å². The standard InChI is InChI=1S/C17H12F4N4OS/c1-25-13-7-4-10(18)8-12(13)14(15(25)26)23-24-16(27)22-11-5-2-9(3-6-11)17(19,20)21/h2-8H,1H3,(H2,22,24,27). The number of rotatable bonds is 2. The van der Waals surface area contributed by atoms with E-state index in [0.717, 1.165) is 12.1 Å². The predicted molar refractivity (Wildman–Crippen MR) is 97.1 cm³/mol. The summed E-state index contributed by atoms with van der Waals surface area (Å²) in [5.74, 6) is -0.963. The summed E-state index contributed by atoms with van der Waals surface area (Å²) in [6.07, 6.45) is -4.43. The van der Waals surface area contributed by atoms with Gasteiger partial charge in [0.25, 0.3) is 5.91 Å². The maximum Gasteiger partial charge on any atom is 0.416 e. The van der Waals surface area contributed by atoms with Crippen molar-refractivity contribution in [2.24, 2.45) is 5.10 Å². The highest BCUT2D eigenvalue weighted by molar-refractivity contribution is 7.80. The van der Waals surface area contributed by atoms with E-state index in [1.165, 1.54) is 42.3 Å². The van der Waals surface area contributed by atoms with E-state index in [2.05, 4.69) is 15.8 Å². The van der Waals surface area contributed by atoms with E-state index in [9.17, 15) is 22.4 Å². The number of fused-ring (bicyclic) bond motifs is 1. The maximum atomic E-state index is 13.5. The third-order valence-electron chi connectivity index (χ3n) is 3.82. The summed E-state index contributed by atoms with van der Waals surface area (Å²) in [6.45, 7) is 0. The van der Waals surface area contributed by atoms with Crippen molar-refractivity contribution in [2.45, 2.75) is 6.18 Å². The van der Waals surface area contributed by atoms with Gasteiger partial charge < -0.3 is 10.2 Å². The van der Waals surface area contributed by atoms with Gasteiger partial charge in [-0.25, -0.2) is 4.39 Å². The number of anilines is 2. The molecule has 10 heteroatoms. The lowest BCUT2D eigenvalue weighted by Crippen LogP contribution is -2.30. The molecular formula is C17H12F4N4OS. The number of carbonyl (C=O) groups excluding carboxylic acids is 1. The summed E-state index contributed by atoms with van der Waals surface area (Å²) in [7, 11) is 1.53. The van der Waals surface area contributed by atoms with Gasteiger partial charge in [0.05, 0.1) is 11.3 Å². The van der Waals surface area contributed by atoms with E-state index in [4.69, 9.17) is 12.2 Å². The lowest BCUT2D eigenvalue weighted by molar-refractivity contribution is -0.137. The molecule has 0 spiro atoms. The van der Waals surface area contributed by atoms with Crippen molar-refractivity contribution in [2.75, 3.05) is 17.3 Å². The van der Waals surface area contributed by atoms with E-state index in [1.54, 1.807) is 0 Å². The minimum atomic E-state index is -4.43. The van der Waals surface area contributed by atoms with E-state index in [1.807, 2.05) is 0 Å². The largest absolute Gasteiger partial charge is 0.416 e. The first kappa shape index (κ1) is 18.8. The zero-order valence-electron chi connectivity index (χ0n) is 13.8. The third kappa shape index (κ3) is 3.90. The molecule has 27 heavy (non-hydrogen) atoms. The third-order valence-corrected chi connectivity index (χ3v) is 4.01. The Morgan fingerprint density at radius 3 is 2.44 bits per heavy atom. The summed E-state index contributed by atoms with van der Waals surface area (Å²) >= 11 is 5.02. The summed E-state index contributed by atoms with van der Waals surface area (Å²) < 4.78 is 51.1. The van der Waals surface area contributed by atoms with Gasteiger partial charge in [0, 0.05) is 18.3 Å². The van der Waals surface area contributed by atoms with Crippen LogP contribution >= 0.6 is 12.2 Å². The van der Waals surface area contributed by atoms with Crippen LogP contribution in [0.25, 0.3) is 0 Å². The van der Waals surface area contributed by atoms with Crippen LogP contribution in [0.15, 0.2) is 47.6 Å². The van der Waals surface area contributed by atoms with Crippen LogP contribution in [0.4, 0.5) is 28.9 Å². The number of amides is 1. The molecule has 1 aliphatic heterocycles. The van der Waals surface area contributed by atoms with Crippen LogP contribution in [-0.2, 0) is 11.0 Å². The van der Waals surface area contributed by atoms with Gasteiger partial charge >= 0.3 is 6.18 Å². The van der Waals surface area contributed by atoms with E-state index in [0.29, 0.717) is 16.9 Å². The highest BCUT2D eigenvalue weighted by atomic mass is 32.1. The number of hydrogen-bond donors (Lipinski definition) is 2. The Bertz CT molecular complexity index is 941. The van der Waals surface area contributed by atoms with E-state index < -0.39 is 23.5 Å². The molecule has 140 valence electrons. The molecule has 0 atom stereocenters. The van der Waals surface area contributed by atoms with E-state index in [-0.39, 0.29) is 10.8 Å². The number of halogens is 4. The first-order valence-electron chi connectivity index (χ1n) is 7.57. The molecule has 2 N–H and O–H groups in total. The maximum absolute atomic E-state index is 13.5. The first-order valence-corrected chi connectivity index (χ1v) is 7.97. The van der Waals surface area contributed by atoms with Gasteiger partial charge in [-0.05, 0) is 54.7 Å². The van der Waals surface area contributed by atoms with Crippen molar-refractivity contribution in [3.05, 3.63) is 59.4 Å². The highest BCUT2D eigenvalue weighted by Crippen LogP contribution is 2.30. The van der Waals surface area contributed by atoms with Gasteiger partial charge in [0.2, 0.25) is 0 Å². The number of alkyl halides is 3. The Morgan fingerprint density at radius 1 is 1.15 bits per heavy atom. The summed E-state index contributed by atoms with van der Waals surface area (Å²) in [4.78, 5) is 13.6. The Balaban J connectivity index is 1.72. The van der Waals surface area contributed by atoms with Crippen LogP contribution in [0.2, 0.25) is 0 Å². The van der Waals surface area contributed by atoms with Crippen LogP contribution in [0, 0.1) is 5.82 Å². The molecule has 0 fully saturated rings. The molecule has 0 saturated heterocycles. The van der Waals surface area contributed by atoms with Gasteiger partial charge in [-0.3, -0.25) is 10.2 Å². The molecule has 0 unspecified atom stereocenters. The monoisotopic (exact) mass is 396 g/mol. The second-order valence-corrected chi connectivity index (χ2v) is 6.04. The quantitative estimate of drug-likeness (QED) is 0.464. The molecule has 5 nitrogen and oxygen atoms in total. The number of benzene rings is 2. The van der Waals surface area contributed by atoms with Crippen LogP contribution in [0.5, 0.6) is 0 Å². The Hall–Kier alpha value is -3.01. The topological polar surface area (TPSA) is 56.7 Å². The molecule has 1 aliphatic rings. The van der Waals surface area contributed by atoms with Gasteiger partial charge in [0.15, 0.2) is 10.8 Å². The van der Waals surface area contributed by atoms with Crippen LogP contribution in [-0.4, -0.2) is 23.8 Å². The van der Waals surface area contributed by atoms with Gasteiger partial charge in [-0.2, -0.15) is 18.3 Å². The highest BCUT2D eigenvalue weighted by Gasteiger charge is 2.32. The smallest absolute Gasteiger partial charge is 0.331 e. The number of hydrazone groups is 1. The molecular weight excluding hydrogens is 384 g/mol. The van der Waals surface area contributed by atoms with Crippen molar-refractivity contribution in [1.29, 1.82) is 0 Å². The average Bonchev–Trinajstić information content (AvgIpc) is 2.83. The molecule has 2 aromatic rings. The molecule has 2 aromatic carbocycles. The Morgan fingerprint density at radius 2 is 1.81 bits per heavy atom. The molecule has 0 bridgehead atoms. The van der Waals surface area contributed by atoms with Gasteiger partial charge in [-0.1, -0.05) is 0 Å². The van der Waals surface area contributed by atoms with Gasteiger partial charge in [0.1, 0.15) is 5.82 Å². The molecule has 1 heterocycles. The van der Waals surface area contributed by atoms with Crippen molar-refractivity contribution in [3.8, 4) is 0 Å². The number of nitrogens with one attached hydrogen (secondary N) is 2. The number of carbonyl (C=O) groups is 1. The van der Waals surface area contributed by atoms with Crippen molar-refractivity contribution in [3.63, 3.8) is 0 Å². The second kappa shape index (κ2) is 6.95. The number of hydrogen-bond acceptors (Lipinski definition) is 3. The van der Waals surface area contributed by atoms with Crippen LogP contribution in [0.1, 0.15) is 11.1 Å². The fraction of sp³-hybridized carbons (Fsp3) is 0.118. The zero-order valence-corrected chi connectivity index (χ0v) is 14.6. The van der Waals surface area contributed by atoms with Crippen molar-refractivity contribution >= 4 is 40.3 Å². The number of nitrogens with zero attached hydrogens (tertiary/aromatic N) is 2. The minimum absolute atomic E-state index is 0.0245. The minimum Gasteiger partial charge on any atom is -0.331 e. The van der Waals surface area contributed by atoms with E-state index >= 15 is 0 Å². The second-order valence-electron chi connectivity index (χ2n) is 5.63. The molecule has 0 saturated carbocycles. The summed E-state index contributed by atoms with van der Waals surface area (Å²) in [5.41, 5.74) is 2.76. The fourth-order valence-corrected chi connectivity index (χ4v) is 2.65. The molecule has 3 rings (SSSR count). The van der Waals surface area contributed by atoms with Crippen LogP contribution < -0.4 is 15.6 Å². The first-order chi connectivity index (χ1) is 12.7. The lowest BCUT2D eigenvalue weighted by Gasteiger charge is -2.10. The summed E-state index contributed by atoms with van der Waals surface area (Å²) in [5, 5.41) is 6.53. The SMILES string of the molecule is CN1C(=O)C(=NNC(=S)Nc2ccc(C(F)(F)F)cc2)c2cc(F)ccc21. The van der Waals surface area contributed by atoms with Crippen molar-refractivity contribution < 1.29 is 22.4 Å². The zero-order chi connectivity index (χ0) is 19.8. The Labute approximate surface area is 156 Å². The molecule has 1 amide bonds. The normalized spacial score (nSPS) is 15.1. The molecule has 0 radical (unpaired) electrons. The van der Waals surface area contributed by atoms with Crippen LogP contribution in [0.3, 0.4) is 0 Å². The predicted octanol–water partition coefficient (Wildman–Crippen LogP) is 3.51. The van der Waals surface area contributed by atoms with Gasteiger partial charge in [-0.15, -0.1) is 0 Å². The molecule has 0 aromatic heterocycles. The number of likely N-dealkylation sites (N-methyl/N-ethyl adjacent to an activating group) is 1.